The van der Waals surface area contributed by atoms with Crippen LogP contribution in [0.1, 0.15) is 45.1 Å². The first-order chi connectivity index (χ1) is 9.11. The quantitative estimate of drug-likeness (QED) is 0.903. The van der Waals surface area contributed by atoms with Crippen molar-refractivity contribution in [3.8, 4) is 0 Å². The van der Waals surface area contributed by atoms with Crippen LogP contribution in [0.4, 0.5) is 5.69 Å². The minimum Gasteiger partial charge on any atom is -0.368 e. The predicted molar refractivity (Wildman–Crippen MR) is 86.8 cm³/mol. The Morgan fingerprint density at radius 3 is 2.89 bits per heavy atom. The first-order valence-corrected chi connectivity index (χ1v) is 8.21. The van der Waals surface area contributed by atoms with Gasteiger partial charge < -0.3 is 10.6 Å². The molecule has 0 bridgehead atoms. The van der Waals surface area contributed by atoms with E-state index < -0.39 is 0 Å². The molecule has 1 aliphatic heterocycles. The molecule has 19 heavy (non-hydrogen) atoms. The number of halogens is 1. The number of hydrogen-bond donors (Lipinski definition) is 1. The van der Waals surface area contributed by atoms with Crippen LogP contribution in [-0.2, 0) is 6.42 Å². The van der Waals surface area contributed by atoms with Gasteiger partial charge in [-0.1, -0.05) is 22.9 Å². The Kier molecular flexibility index (Phi) is 5.28. The van der Waals surface area contributed by atoms with E-state index in [9.17, 15) is 0 Å². The molecule has 1 saturated heterocycles. The molecule has 1 aromatic carbocycles. The Morgan fingerprint density at radius 1 is 1.42 bits per heavy atom. The summed E-state index contributed by atoms with van der Waals surface area (Å²) in [5.74, 6) is 0. The molecular weight excluding hydrogens is 300 g/mol. The molecule has 0 radical (unpaired) electrons. The van der Waals surface area contributed by atoms with Crippen LogP contribution in [0.2, 0.25) is 0 Å². The number of rotatable bonds is 4. The molecule has 0 aromatic heterocycles. The highest BCUT2D eigenvalue weighted by atomic mass is 79.9. The second kappa shape index (κ2) is 6.76. The lowest BCUT2D eigenvalue weighted by Crippen LogP contribution is -2.40. The lowest BCUT2D eigenvalue weighted by molar-refractivity contribution is 0.448. The number of hydrogen-bond acceptors (Lipinski definition) is 2. The van der Waals surface area contributed by atoms with Gasteiger partial charge in [-0.15, -0.1) is 0 Å². The molecular formula is C16H25BrN2. The summed E-state index contributed by atoms with van der Waals surface area (Å²) in [7, 11) is 0. The fraction of sp³-hybridized carbons (Fsp3) is 0.625. The van der Waals surface area contributed by atoms with Gasteiger partial charge >= 0.3 is 0 Å². The smallest absolute Gasteiger partial charge is 0.0402 e. The van der Waals surface area contributed by atoms with Crippen LogP contribution >= 0.6 is 15.9 Å². The van der Waals surface area contributed by atoms with Crippen molar-refractivity contribution in [3.05, 3.63) is 28.2 Å². The SMILES string of the molecule is CCC1CCCCN1c1ccc(Br)cc1CC(C)N. The van der Waals surface area contributed by atoms with E-state index >= 15 is 0 Å². The molecule has 0 amide bonds. The summed E-state index contributed by atoms with van der Waals surface area (Å²) >= 11 is 3.58. The van der Waals surface area contributed by atoms with Crippen molar-refractivity contribution in [2.24, 2.45) is 5.73 Å². The number of nitrogens with zero attached hydrogens (tertiary/aromatic N) is 1. The van der Waals surface area contributed by atoms with Gasteiger partial charge in [0.15, 0.2) is 0 Å². The van der Waals surface area contributed by atoms with Crippen LogP contribution < -0.4 is 10.6 Å². The molecule has 1 fully saturated rings. The van der Waals surface area contributed by atoms with E-state index in [1.165, 1.54) is 43.5 Å². The van der Waals surface area contributed by atoms with E-state index in [0.717, 1.165) is 10.9 Å². The van der Waals surface area contributed by atoms with Crippen LogP contribution in [0.25, 0.3) is 0 Å². The zero-order valence-electron chi connectivity index (χ0n) is 12.0. The molecule has 3 heteroatoms. The number of benzene rings is 1. The Morgan fingerprint density at radius 2 is 2.21 bits per heavy atom. The molecule has 1 aliphatic rings. The molecule has 1 heterocycles. The molecule has 106 valence electrons. The van der Waals surface area contributed by atoms with Gasteiger partial charge in [0.25, 0.3) is 0 Å². The zero-order valence-corrected chi connectivity index (χ0v) is 13.6. The van der Waals surface area contributed by atoms with Crippen molar-refractivity contribution in [2.45, 2.75) is 58.0 Å². The Hall–Kier alpha value is -0.540. The minimum atomic E-state index is 0.206. The fourth-order valence-electron chi connectivity index (χ4n) is 3.09. The fourth-order valence-corrected chi connectivity index (χ4v) is 3.50. The van der Waals surface area contributed by atoms with Gasteiger partial charge in [0.1, 0.15) is 0 Å². The van der Waals surface area contributed by atoms with Gasteiger partial charge in [0, 0.05) is 28.8 Å². The van der Waals surface area contributed by atoms with E-state index in [4.69, 9.17) is 5.73 Å². The summed E-state index contributed by atoms with van der Waals surface area (Å²) in [4.78, 5) is 2.60. The maximum atomic E-state index is 6.01. The van der Waals surface area contributed by atoms with Crippen LogP contribution in [-0.4, -0.2) is 18.6 Å². The van der Waals surface area contributed by atoms with Crippen LogP contribution in [0.5, 0.6) is 0 Å². The van der Waals surface area contributed by atoms with Crippen LogP contribution in [0.15, 0.2) is 22.7 Å². The van der Waals surface area contributed by atoms with Crippen LogP contribution in [0.3, 0.4) is 0 Å². The van der Waals surface area contributed by atoms with Crippen molar-refractivity contribution in [3.63, 3.8) is 0 Å². The first-order valence-electron chi connectivity index (χ1n) is 7.42. The monoisotopic (exact) mass is 324 g/mol. The molecule has 2 nitrogen and oxygen atoms in total. The average molecular weight is 325 g/mol. The normalized spacial score (nSPS) is 21.5. The number of piperidine rings is 1. The van der Waals surface area contributed by atoms with Crippen molar-refractivity contribution < 1.29 is 0 Å². The van der Waals surface area contributed by atoms with Gasteiger partial charge in [0.05, 0.1) is 0 Å². The van der Waals surface area contributed by atoms with Crippen molar-refractivity contribution >= 4 is 21.6 Å². The molecule has 0 spiro atoms. The Bertz CT molecular complexity index is 417. The van der Waals surface area contributed by atoms with E-state index in [1.54, 1.807) is 0 Å². The van der Waals surface area contributed by atoms with Crippen molar-refractivity contribution in [1.82, 2.24) is 0 Å². The van der Waals surface area contributed by atoms with Crippen molar-refractivity contribution in [2.75, 3.05) is 11.4 Å². The number of nitrogens with two attached hydrogens (primary N) is 1. The molecule has 2 N–H and O–H groups in total. The van der Waals surface area contributed by atoms with E-state index in [0.29, 0.717) is 6.04 Å². The molecule has 2 rings (SSSR count). The number of anilines is 1. The lowest BCUT2D eigenvalue weighted by atomic mass is 9.96. The summed E-state index contributed by atoms with van der Waals surface area (Å²) in [5, 5.41) is 0. The Labute approximate surface area is 125 Å². The summed E-state index contributed by atoms with van der Waals surface area (Å²) in [6, 6.07) is 7.55. The average Bonchev–Trinajstić information content (AvgIpc) is 2.38. The summed E-state index contributed by atoms with van der Waals surface area (Å²) in [6.07, 6.45) is 6.18. The third kappa shape index (κ3) is 3.73. The summed E-state index contributed by atoms with van der Waals surface area (Å²) in [5.41, 5.74) is 8.78. The van der Waals surface area contributed by atoms with Crippen molar-refractivity contribution in [1.29, 1.82) is 0 Å². The van der Waals surface area contributed by atoms with Gasteiger partial charge in [-0.25, -0.2) is 0 Å². The summed E-state index contributed by atoms with van der Waals surface area (Å²) in [6.45, 7) is 5.57. The highest BCUT2D eigenvalue weighted by Crippen LogP contribution is 2.31. The second-order valence-electron chi connectivity index (χ2n) is 5.71. The highest BCUT2D eigenvalue weighted by molar-refractivity contribution is 9.10. The largest absolute Gasteiger partial charge is 0.368 e. The first kappa shape index (κ1) is 14.9. The molecule has 0 saturated carbocycles. The molecule has 2 atom stereocenters. The van der Waals surface area contributed by atoms with Gasteiger partial charge in [-0.3, -0.25) is 0 Å². The summed E-state index contributed by atoms with van der Waals surface area (Å²) < 4.78 is 1.15. The molecule has 0 aliphatic carbocycles. The van der Waals surface area contributed by atoms with Gasteiger partial charge in [-0.2, -0.15) is 0 Å². The standard InChI is InChI=1S/C16H25BrN2/c1-3-15-6-4-5-9-19(15)16-8-7-14(17)11-13(16)10-12(2)18/h7-8,11-12,15H,3-6,9-10,18H2,1-2H3. The maximum Gasteiger partial charge on any atom is 0.0402 e. The highest BCUT2D eigenvalue weighted by Gasteiger charge is 2.23. The van der Waals surface area contributed by atoms with E-state index in [1.807, 2.05) is 0 Å². The second-order valence-corrected chi connectivity index (χ2v) is 6.62. The van der Waals surface area contributed by atoms with E-state index in [2.05, 4.69) is 52.9 Å². The maximum absolute atomic E-state index is 6.01. The van der Waals surface area contributed by atoms with Crippen LogP contribution in [0, 0.1) is 0 Å². The predicted octanol–water partition coefficient (Wildman–Crippen LogP) is 4.11. The third-order valence-electron chi connectivity index (χ3n) is 3.99. The topological polar surface area (TPSA) is 29.3 Å². The third-order valence-corrected chi connectivity index (χ3v) is 4.48. The lowest BCUT2D eigenvalue weighted by Gasteiger charge is -2.38. The van der Waals surface area contributed by atoms with Gasteiger partial charge in [-0.05, 0) is 62.8 Å². The zero-order chi connectivity index (χ0) is 13.8. The minimum absolute atomic E-state index is 0.206. The van der Waals surface area contributed by atoms with E-state index in [-0.39, 0.29) is 6.04 Å². The van der Waals surface area contributed by atoms with Gasteiger partial charge in [0.2, 0.25) is 0 Å². The molecule has 1 aromatic rings. The molecule has 2 unspecified atom stereocenters. The Balaban J connectivity index is 2.31.